The highest BCUT2D eigenvalue weighted by Crippen LogP contribution is 2.23. The summed E-state index contributed by atoms with van der Waals surface area (Å²) in [7, 11) is 1.60. The maximum Gasteiger partial charge on any atom is 0.291 e. The summed E-state index contributed by atoms with van der Waals surface area (Å²) in [6, 6.07) is 16.9. The third kappa shape index (κ3) is 4.11. The van der Waals surface area contributed by atoms with Gasteiger partial charge in [-0.25, -0.2) is 0 Å². The molecular weight excluding hydrogens is 322 g/mol. The van der Waals surface area contributed by atoms with Gasteiger partial charge in [0, 0.05) is 0 Å². The van der Waals surface area contributed by atoms with E-state index in [0.29, 0.717) is 17.2 Å². The predicted octanol–water partition coefficient (Wildman–Crippen LogP) is 3.83. The molecule has 0 aliphatic heterocycles. The van der Waals surface area contributed by atoms with Crippen LogP contribution in [0.3, 0.4) is 0 Å². The molecule has 0 bridgehead atoms. The fraction of sp³-hybridized carbons (Fsp3) is 0.105. The van der Waals surface area contributed by atoms with Crippen LogP contribution in [0.2, 0.25) is 0 Å². The molecule has 0 saturated carbocycles. The molecule has 3 rings (SSSR count). The Morgan fingerprint density at radius 2 is 1.76 bits per heavy atom. The van der Waals surface area contributed by atoms with Crippen LogP contribution in [0.25, 0.3) is 0 Å². The Labute approximate surface area is 144 Å². The monoisotopic (exact) mass is 339 g/mol. The van der Waals surface area contributed by atoms with E-state index in [1.54, 1.807) is 61.7 Å². The molecule has 25 heavy (non-hydrogen) atoms. The topological polar surface area (TPSA) is 80.9 Å². The van der Waals surface area contributed by atoms with Crippen LogP contribution in [-0.4, -0.2) is 18.1 Å². The maximum absolute atomic E-state index is 12.2. The van der Waals surface area contributed by atoms with Crippen LogP contribution in [0.15, 0.2) is 65.1 Å². The van der Waals surface area contributed by atoms with Crippen LogP contribution in [0, 0.1) is 0 Å². The van der Waals surface area contributed by atoms with Crippen molar-refractivity contribution in [3.8, 4) is 17.2 Å². The van der Waals surface area contributed by atoms with Gasteiger partial charge in [0.1, 0.15) is 29.6 Å². The summed E-state index contributed by atoms with van der Waals surface area (Å²) in [5, 5.41) is 12.3. The van der Waals surface area contributed by atoms with E-state index >= 15 is 0 Å². The predicted molar refractivity (Wildman–Crippen MR) is 92.1 cm³/mol. The number of aromatic hydroxyl groups is 1. The summed E-state index contributed by atoms with van der Waals surface area (Å²) >= 11 is 0. The summed E-state index contributed by atoms with van der Waals surface area (Å²) in [4.78, 5) is 12.2. The fourth-order valence-corrected chi connectivity index (χ4v) is 2.17. The van der Waals surface area contributed by atoms with Crippen molar-refractivity contribution in [3.05, 3.63) is 72.2 Å². The number of rotatable bonds is 6. The molecule has 0 aliphatic rings. The third-order valence-electron chi connectivity index (χ3n) is 3.48. The number of ether oxygens (including phenoxy) is 2. The molecule has 0 fully saturated rings. The Kier molecular flexibility index (Phi) is 4.89. The van der Waals surface area contributed by atoms with Gasteiger partial charge in [-0.15, -0.1) is 0 Å². The number of carbonyl (C=O) groups is 1. The number of methoxy groups -OCH3 is 1. The highest BCUT2D eigenvalue weighted by Gasteiger charge is 2.13. The summed E-state index contributed by atoms with van der Waals surface area (Å²) in [5.41, 5.74) is 0.319. The molecule has 0 saturated heterocycles. The molecule has 6 heteroatoms. The number of nitrogens with one attached hydrogen (secondary N) is 1. The lowest BCUT2D eigenvalue weighted by molar-refractivity contribution is 0.0992. The van der Waals surface area contributed by atoms with Gasteiger partial charge in [0.25, 0.3) is 5.91 Å². The van der Waals surface area contributed by atoms with Crippen LogP contribution < -0.4 is 14.8 Å². The zero-order chi connectivity index (χ0) is 17.6. The number of anilines is 1. The average molecular weight is 339 g/mol. The molecule has 1 aromatic heterocycles. The molecule has 1 heterocycles. The molecule has 0 atom stereocenters. The van der Waals surface area contributed by atoms with Crippen LogP contribution in [-0.2, 0) is 6.61 Å². The van der Waals surface area contributed by atoms with Gasteiger partial charge in [-0.1, -0.05) is 12.1 Å². The lowest BCUT2D eigenvalue weighted by Gasteiger charge is -2.06. The molecule has 6 nitrogen and oxygen atoms in total. The van der Waals surface area contributed by atoms with E-state index in [9.17, 15) is 9.90 Å². The van der Waals surface area contributed by atoms with Crippen molar-refractivity contribution in [2.24, 2.45) is 0 Å². The number of hydrogen-bond acceptors (Lipinski definition) is 5. The number of carbonyl (C=O) groups excluding carboxylic acids is 1. The first-order valence-electron chi connectivity index (χ1n) is 7.60. The Bertz CT molecular complexity index is 854. The van der Waals surface area contributed by atoms with Gasteiger partial charge in [-0.2, -0.15) is 0 Å². The fourth-order valence-electron chi connectivity index (χ4n) is 2.17. The largest absolute Gasteiger partial charge is 0.506 e. The molecule has 1 amide bonds. The summed E-state index contributed by atoms with van der Waals surface area (Å²) in [5.74, 6) is 1.60. The number of para-hydroxylation sites is 2. The minimum Gasteiger partial charge on any atom is -0.506 e. The highest BCUT2D eigenvalue weighted by molar-refractivity contribution is 6.03. The number of benzene rings is 2. The van der Waals surface area contributed by atoms with Crippen molar-refractivity contribution >= 4 is 11.6 Å². The van der Waals surface area contributed by atoms with Crippen LogP contribution >= 0.6 is 0 Å². The van der Waals surface area contributed by atoms with E-state index in [0.717, 1.165) is 5.75 Å². The van der Waals surface area contributed by atoms with Crippen molar-refractivity contribution in [1.82, 2.24) is 0 Å². The highest BCUT2D eigenvalue weighted by atomic mass is 16.5. The van der Waals surface area contributed by atoms with E-state index < -0.39 is 5.91 Å². The first kappa shape index (κ1) is 16.4. The Hall–Kier alpha value is -3.41. The summed E-state index contributed by atoms with van der Waals surface area (Å²) < 4.78 is 16.2. The van der Waals surface area contributed by atoms with E-state index in [1.807, 2.05) is 0 Å². The number of phenols is 1. The molecule has 128 valence electrons. The van der Waals surface area contributed by atoms with E-state index in [2.05, 4.69) is 5.32 Å². The lowest BCUT2D eigenvalue weighted by atomic mass is 10.3. The molecule has 0 unspecified atom stereocenters. The van der Waals surface area contributed by atoms with Gasteiger partial charge in [0.15, 0.2) is 5.76 Å². The first-order valence-corrected chi connectivity index (χ1v) is 7.60. The van der Waals surface area contributed by atoms with Crippen molar-refractivity contribution in [1.29, 1.82) is 0 Å². The normalized spacial score (nSPS) is 10.3. The van der Waals surface area contributed by atoms with Gasteiger partial charge in [-0.3, -0.25) is 4.79 Å². The zero-order valence-electron chi connectivity index (χ0n) is 13.6. The Morgan fingerprint density at radius 3 is 2.48 bits per heavy atom. The molecule has 0 radical (unpaired) electrons. The second-order valence-electron chi connectivity index (χ2n) is 5.20. The number of phenolic OH excluding ortho intramolecular Hbond substituents is 1. The van der Waals surface area contributed by atoms with Crippen LogP contribution in [0.4, 0.5) is 5.69 Å². The minimum atomic E-state index is -0.447. The second-order valence-corrected chi connectivity index (χ2v) is 5.20. The first-order chi connectivity index (χ1) is 12.2. The average Bonchev–Trinajstić information content (AvgIpc) is 3.11. The van der Waals surface area contributed by atoms with E-state index in [1.165, 1.54) is 6.07 Å². The van der Waals surface area contributed by atoms with Crippen molar-refractivity contribution in [2.75, 3.05) is 12.4 Å². The van der Waals surface area contributed by atoms with E-state index in [4.69, 9.17) is 13.9 Å². The maximum atomic E-state index is 12.2. The van der Waals surface area contributed by atoms with Crippen LogP contribution in [0.5, 0.6) is 17.2 Å². The summed E-state index contributed by atoms with van der Waals surface area (Å²) in [6.07, 6.45) is 0. The molecule has 2 N–H and O–H groups in total. The molecule has 3 aromatic rings. The Balaban J connectivity index is 1.59. The van der Waals surface area contributed by atoms with E-state index in [-0.39, 0.29) is 18.1 Å². The standard InChI is InChI=1S/C19H17NO5/c1-23-13-6-8-14(9-7-13)24-12-15-10-11-18(25-15)19(22)20-16-4-2-3-5-17(16)21/h2-11,21H,12H2,1H3,(H,20,22). The minimum absolute atomic E-state index is 0.00883. The number of amides is 1. The van der Waals surface area contributed by atoms with Gasteiger partial charge in [-0.05, 0) is 48.5 Å². The molecule has 0 aliphatic carbocycles. The van der Waals surface area contributed by atoms with Crippen molar-refractivity contribution in [3.63, 3.8) is 0 Å². The molecule has 0 spiro atoms. The lowest BCUT2D eigenvalue weighted by Crippen LogP contribution is -2.10. The molecule has 2 aromatic carbocycles. The SMILES string of the molecule is COc1ccc(OCc2ccc(C(=O)Nc3ccccc3O)o2)cc1. The number of furan rings is 1. The smallest absolute Gasteiger partial charge is 0.291 e. The van der Waals surface area contributed by atoms with Crippen molar-refractivity contribution < 1.29 is 23.8 Å². The number of hydrogen-bond donors (Lipinski definition) is 2. The zero-order valence-corrected chi connectivity index (χ0v) is 13.6. The molecular formula is C19H17NO5. The van der Waals surface area contributed by atoms with Gasteiger partial charge < -0.3 is 24.3 Å². The summed E-state index contributed by atoms with van der Waals surface area (Å²) in [6.45, 7) is 0.191. The van der Waals surface area contributed by atoms with Gasteiger partial charge in [0.05, 0.1) is 12.8 Å². The van der Waals surface area contributed by atoms with Crippen molar-refractivity contribution in [2.45, 2.75) is 6.61 Å². The van der Waals surface area contributed by atoms with Gasteiger partial charge in [0.2, 0.25) is 0 Å². The van der Waals surface area contributed by atoms with Crippen LogP contribution in [0.1, 0.15) is 16.3 Å². The quantitative estimate of drug-likeness (QED) is 0.667. The Morgan fingerprint density at radius 1 is 1.04 bits per heavy atom. The van der Waals surface area contributed by atoms with Gasteiger partial charge >= 0.3 is 0 Å². The third-order valence-corrected chi connectivity index (χ3v) is 3.48. The second kappa shape index (κ2) is 7.44.